The molecule has 17 heavy (non-hydrogen) atoms. The Bertz CT molecular complexity index is 341. The number of carbonyl (C=O) groups is 2. The molecule has 0 aromatic heterocycles. The van der Waals surface area contributed by atoms with Crippen LogP contribution in [0.4, 0.5) is 0 Å². The van der Waals surface area contributed by atoms with Crippen LogP contribution in [0.1, 0.15) is 38.5 Å². The lowest BCUT2D eigenvalue weighted by atomic mass is 10.0. The number of aliphatic carboxylic acids is 1. The number of fused-ring (bicyclic) bond motifs is 1. The Labute approximate surface area is 101 Å². The van der Waals surface area contributed by atoms with Crippen LogP contribution in [-0.4, -0.2) is 34.5 Å². The van der Waals surface area contributed by atoms with E-state index < -0.39 is 5.97 Å². The van der Waals surface area contributed by atoms with E-state index in [1.54, 1.807) is 0 Å². The van der Waals surface area contributed by atoms with E-state index in [0.29, 0.717) is 12.6 Å². The first kappa shape index (κ1) is 11.1. The van der Waals surface area contributed by atoms with Gasteiger partial charge in [-0.1, -0.05) is 0 Å². The average Bonchev–Trinajstić information content (AvgIpc) is 3.19. The highest BCUT2D eigenvalue weighted by atomic mass is 16.4. The summed E-state index contributed by atoms with van der Waals surface area (Å²) in [7, 11) is 0. The van der Waals surface area contributed by atoms with E-state index in [9.17, 15) is 9.59 Å². The van der Waals surface area contributed by atoms with Gasteiger partial charge in [0.25, 0.3) is 0 Å². The molecular formula is C13H19NO3. The van der Waals surface area contributed by atoms with Crippen LogP contribution in [0.2, 0.25) is 0 Å². The van der Waals surface area contributed by atoms with Crippen molar-refractivity contribution >= 4 is 11.9 Å². The second-order valence-electron chi connectivity index (χ2n) is 5.83. The number of rotatable bonds is 5. The molecule has 0 aromatic rings. The number of carboxylic acid groups (broad SMARTS) is 1. The first-order valence-corrected chi connectivity index (χ1v) is 6.67. The molecule has 4 heteroatoms. The van der Waals surface area contributed by atoms with Gasteiger partial charge in [-0.2, -0.15) is 0 Å². The molecule has 3 fully saturated rings. The Balaban J connectivity index is 1.58. The summed E-state index contributed by atoms with van der Waals surface area (Å²) in [5, 5.41) is 8.72. The molecule has 0 spiro atoms. The summed E-state index contributed by atoms with van der Waals surface area (Å²) in [5.74, 6) is 1.25. The summed E-state index contributed by atoms with van der Waals surface area (Å²) in [6.07, 6.45) is 5.64. The van der Waals surface area contributed by atoms with Gasteiger partial charge in [0.2, 0.25) is 5.91 Å². The molecule has 2 atom stereocenters. The van der Waals surface area contributed by atoms with Gasteiger partial charge in [0.05, 0.1) is 6.42 Å². The number of hydrogen-bond donors (Lipinski definition) is 1. The number of carbonyl (C=O) groups excluding carboxylic acids is 1. The van der Waals surface area contributed by atoms with Crippen molar-refractivity contribution in [2.75, 3.05) is 6.54 Å². The van der Waals surface area contributed by atoms with Crippen LogP contribution >= 0.6 is 0 Å². The van der Waals surface area contributed by atoms with Gasteiger partial charge in [-0.3, -0.25) is 9.59 Å². The molecule has 0 aromatic carbocycles. The maximum atomic E-state index is 12.3. The van der Waals surface area contributed by atoms with Crippen molar-refractivity contribution in [2.24, 2.45) is 17.8 Å². The second kappa shape index (κ2) is 4.00. The van der Waals surface area contributed by atoms with Gasteiger partial charge in [-0.25, -0.2) is 0 Å². The van der Waals surface area contributed by atoms with Crippen molar-refractivity contribution in [1.82, 2.24) is 4.90 Å². The third-order valence-electron chi connectivity index (χ3n) is 4.43. The molecule has 0 radical (unpaired) electrons. The summed E-state index contributed by atoms with van der Waals surface area (Å²) >= 11 is 0. The third kappa shape index (κ3) is 2.31. The summed E-state index contributed by atoms with van der Waals surface area (Å²) in [6.45, 7) is 0.407. The van der Waals surface area contributed by atoms with Crippen LogP contribution in [0.15, 0.2) is 0 Å². The van der Waals surface area contributed by atoms with E-state index in [0.717, 1.165) is 37.5 Å². The van der Waals surface area contributed by atoms with E-state index in [-0.39, 0.29) is 18.2 Å². The fourth-order valence-electron chi connectivity index (χ4n) is 3.23. The van der Waals surface area contributed by atoms with E-state index in [1.807, 2.05) is 4.90 Å². The van der Waals surface area contributed by atoms with Crippen LogP contribution in [0.5, 0.6) is 0 Å². The number of nitrogens with zero attached hydrogens (tertiary/aromatic N) is 1. The van der Waals surface area contributed by atoms with Crippen molar-refractivity contribution in [3.8, 4) is 0 Å². The van der Waals surface area contributed by atoms with Crippen molar-refractivity contribution in [2.45, 2.75) is 44.6 Å². The molecule has 0 heterocycles. The molecule has 0 aliphatic heterocycles. The first-order valence-electron chi connectivity index (χ1n) is 6.67. The SMILES string of the molecule is O=C(O)CCN(C(=O)C1CC2CC2C1)C1CC1. The summed E-state index contributed by atoms with van der Waals surface area (Å²) in [5.41, 5.74) is 0. The molecule has 3 rings (SSSR count). The normalized spacial score (nSPS) is 34.2. The maximum Gasteiger partial charge on any atom is 0.305 e. The maximum absolute atomic E-state index is 12.3. The topological polar surface area (TPSA) is 57.6 Å². The molecule has 1 amide bonds. The van der Waals surface area contributed by atoms with Gasteiger partial charge >= 0.3 is 5.97 Å². The molecule has 0 saturated heterocycles. The predicted molar refractivity (Wildman–Crippen MR) is 61.3 cm³/mol. The molecule has 94 valence electrons. The fourth-order valence-corrected chi connectivity index (χ4v) is 3.23. The Kier molecular flexibility index (Phi) is 2.60. The van der Waals surface area contributed by atoms with Crippen LogP contribution in [0, 0.1) is 17.8 Å². The lowest BCUT2D eigenvalue weighted by molar-refractivity contribution is -0.140. The van der Waals surface area contributed by atoms with Crippen LogP contribution in [0.25, 0.3) is 0 Å². The van der Waals surface area contributed by atoms with Crippen molar-refractivity contribution in [3.05, 3.63) is 0 Å². The van der Waals surface area contributed by atoms with Crippen molar-refractivity contribution in [1.29, 1.82) is 0 Å². The third-order valence-corrected chi connectivity index (χ3v) is 4.43. The number of carboxylic acids is 1. The van der Waals surface area contributed by atoms with E-state index >= 15 is 0 Å². The van der Waals surface area contributed by atoms with Gasteiger partial charge in [0.15, 0.2) is 0 Å². The molecule has 4 nitrogen and oxygen atoms in total. The highest BCUT2D eigenvalue weighted by Crippen LogP contribution is 2.55. The van der Waals surface area contributed by atoms with Crippen LogP contribution < -0.4 is 0 Å². The molecular weight excluding hydrogens is 218 g/mol. The Morgan fingerprint density at radius 1 is 1.12 bits per heavy atom. The quantitative estimate of drug-likeness (QED) is 0.788. The van der Waals surface area contributed by atoms with Crippen molar-refractivity contribution in [3.63, 3.8) is 0 Å². The van der Waals surface area contributed by atoms with Gasteiger partial charge in [0.1, 0.15) is 0 Å². The van der Waals surface area contributed by atoms with Crippen LogP contribution in [-0.2, 0) is 9.59 Å². The molecule has 3 aliphatic carbocycles. The monoisotopic (exact) mass is 237 g/mol. The van der Waals surface area contributed by atoms with E-state index in [4.69, 9.17) is 5.11 Å². The Hall–Kier alpha value is -1.06. The first-order chi connectivity index (χ1) is 8.15. The Morgan fingerprint density at radius 3 is 2.29 bits per heavy atom. The summed E-state index contributed by atoms with van der Waals surface area (Å²) < 4.78 is 0. The predicted octanol–water partition coefficient (Wildman–Crippen LogP) is 1.50. The molecule has 0 bridgehead atoms. The lowest BCUT2D eigenvalue weighted by Gasteiger charge is -2.25. The smallest absolute Gasteiger partial charge is 0.305 e. The van der Waals surface area contributed by atoms with Gasteiger partial charge in [0, 0.05) is 18.5 Å². The minimum Gasteiger partial charge on any atom is -0.481 e. The largest absolute Gasteiger partial charge is 0.481 e. The zero-order chi connectivity index (χ0) is 12.0. The van der Waals surface area contributed by atoms with Gasteiger partial charge in [-0.05, 0) is 43.9 Å². The fraction of sp³-hybridized carbons (Fsp3) is 0.846. The Morgan fingerprint density at radius 2 is 1.76 bits per heavy atom. The van der Waals surface area contributed by atoms with Crippen LogP contribution in [0.3, 0.4) is 0 Å². The van der Waals surface area contributed by atoms with Crippen molar-refractivity contribution < 1.29 is 14.7 Å². The zero-order valence-electron chi connectivity index (χ0n) is 9.97. The molecule has 3 saturated carbocycles. The minimum atomic E-state index is -0.808. The number of hydrogen-bond acceptors (Lipinski definition) is 2. The standard InChI is InChI=1S/C13H19NO3/c15-12(16)3-4-14(11-1-2-11)13(17)10-6-8-5-9(8)7-10/h8-11H,1-7H2,(H,15,16). The summed E-state index contributed by atoms with van der Waals surface area (Å²) in [4.78, 5) is 24.8. The van der Waals surface area contributed by atoms with E-state index in [2.05, 4.69) is 0 Å². The number of amides is 1. The zero-order valence-corrected chi connectivity index (χ0v) is 9.97. The van der Waals surface area contributed by atoms with Gasteiger partial charge < -0.3 is 10.0 Å². The molecule has 1 N–H and O–H groups in total. The highest BCUT2D eigenvalue weighted by molar-refractivity contribution is 5.80. The minimum absolute atomic E-state index is 0.0851. The summed E-state index contributed by atoms with van der Waals surface area (Å²) in [6, 6.07) is 0.346. The highest BCUT2D eigenvalue weighted by Gasteiger charge is 2.49. The molecule has 3 aliphatic rings. The van der Waals surface area contributed by atoms with Gasteiger partial charge in [-0.15, -0.1) is 0 Å². The second-order valence-corrected chi connectivity index (χ2v) is 5.83. The lowest BCUT2D eigenvalue weighted by Crippen LogP contribution is -2.39. The average molecular weight is 237 g/mol. The molecule has 2 unspecified atom stereocenters. The van der Waals surface area contributed by atoms with E-state index in [1.165, 1.54) is 6.42 Å².